The summed E-state index contributed by atoms with van der Waals surface area (Å²) in [7, 11) is 1.55. The Morgan fingerprint density at radius 2 is 1.95 bits per heavy atom. The van der Waals surface area contributed by atoms with Crippen molar-refractivity contribution < 1.29 is 14.3 Å². The van der Waals surface area contributed by atoms with E-state index < -0.39 is 17.4 Å². The molecule has 0 radical (unpaired) electrons. The van der Waals surface area contributed by atoms with Crippen LogP contribution in [0.4, 0.5) is 0 Å². The highest BCUT2D eigenvalue weighted by atomic mass is 35.5. The molecule has 0 aliphatic heterocycles. The van der Waals surface area contributed by atoms with Crippen molar-refractivity contribution in [3.63, 3.8) is 0 Å². The summed E-state index contributed by atoms with van der Waals surface area (Å²) in [5.74, 6) is -1.31. The highest BCUT2D eigenvalue weighted by Gasteiger charge is 2.28. The average Bonchev–Trinajstić information content (AvgIpc) is 2.49. The Balaban J connectivity index is 2.69. The zero-order chi connectivity index (χ0) is 15.9. The van der Waals surface area contributed by atoms with Gasteiger partial charge < -0.3 is 15.4 Å². The molecule has 0 aliphatic rings. The van der Waals surface area contributed by atoms with Crippen molar-refractivity contribution >= 4 is 23.4 Å². The van der Waals surface area contributed by atoms with E-state index in [4.69, 9.17) is 16.3 Å². The molecule has 2 amide bonds. The molecule has 21 heavy (non-hydrogen) atoms. The molecule has 5 nitrogen and oxygen atoms in total. The van der Waals surface area contributed by atoms with E-state index in [1.165, 1.54) is 0 Å². The second-order valence-electron chi connectivity index (χ2n) is 4.88. The molecular weight excluding hydrogens is 292 g/mol. The number of nitrogens with one attached hydrogen (secondary N) is 2. The number of benzene rings is 1. The van der Waals surface area contributed by atoms with Gasteiger partial charge in [0.05, 0.1) is 6.54 Å². The number of hydrogen-bond donors (Lipinski definition) is 2. The maximum atomic E-state index is 11.7. The summed E-state index contributed by atoms with van der Waals surface area (Å²) in [6, 6.07) is 7.20. The van der Waals surface area contributed by atoms with E-state index in [0.29, 0.717) is 11.6 Å². The van der Waals surface area contributed by atoms with Crippen LogP contribution in [0.2, 0.25) is 5.02 Å². The Morgan fingerprint density at radius 1 is 1.29 bits per heavy atom. The molecule has 1 aromatic rings. The predicted molar refractivity (Wildman–Crippen MR) is 82.1 cm³/mol. The third kappa shape index (κ3) is 5.02. The molecule has 1 unspecified atom stereocenters. The van der Waals surface area contributed by atoms with Gasteiger partial charge in [-0.1, -0.05) is 30.7 Å². The summed E-state index contributed by atoms with van der Waals surface area (Å²) in [5.41, 5.74) is 0.0674. The van der Waals surface area contributed by atoms with Crippen molar-refractivity contribution in [1.82, 2.24) is 10.6 Å². The Kier molecular flexibility index (Phi) is 6.65. The fourth-order valence-corrected chi connectivity index (χ4v) is 1.95. The summed E-state index contributed by atoms with van der Waals surface area (Å²) in [4.78, 5) is 23.2. The lowest BCUT2D eigenvalue weighted by molar-refractivity contribution is -0.140. The lowest BCUT2D eigenvalue weighted by atomic mass is 9.95. The molecule has 0 aliphatic carbocycles. The normalized spacial score (nSPS) is 13.3. The molecule has 0 saturated carbocycles. The van der Waals surface area contributed by atoms with E-state index >= 15 is 0 Å². The molecule has 0 spiro atoms. The Morgan fingerprint density at radius 3 is 2.52 bits per heavy atom. The molecule has 1 aromatic carbocycles. The summed E-state index contributed by atoms with van der Waals surface area (Å²) in [5, 5.41) is 5.69. The first-order valence-corrected chi connectivity index (χ1v) is 7.18. The van der Waals surface area contributed by atoms with Gasteiger partial charge in [0.25, 0.3) is 0 Å². The maximum absolute atomic E-state index is 11.7. The van der Waals surface area contributed by atoms with E-state index in [2.05, 4.69) is 10.6 Å². The van der Waals surface area contributed by atoms with Crippen LogP contribution in [0.15, 0.2) is 24.3 Å². The van der Waals surface area contributed by atoms with Crippen LogP contribution in [0.25, 0.3) is 0 Å². The number of carbonyl (C=O) groups is 2. The van der Waals surface area contributed by atoms with Crippen molar-refractivity contribution in [3.8, 4) is 0 Å². The highest BCUT2D eigenvalue weighted by molar-refractivity contribution is 6.35. The van der Waals surface area contributed by atoms with Gasteiger partial charge in [0.1, 0.15) is 5.60 Å². The van der Waals surface area contributed by atoms with Gasteiger partial charge in [-0.15, -0.1) is 0 Å². The molecular formula is C15H21ClN2O3. The van der Waals surface area contributed by atoms with Crippen molar-refractivity contribution in [2.45, 2.75) is 25.9 Å². The number of ether oxygens (including phenoxy) is 1. The smallest absolute Gasteiger partial charge is 0.309 e. The van der Waals surface area contributed by atoms with Crippen molar-refractivity contribution in [2.75, 3.05) is 20.2 Å². The van der Waals surface area contributed by atoms with E-state index in [9.17, 15) is 9.59 Å². The van der Waals surface area contributed by atoms with Crippen LogP contribution in [0, 0.1) is 0 Å². The fraction of sp³-hybridized carbons (Fsp3) is 0.467. The molecule has 0 aromatic heterocycles. The number of rotatable bonds is 6. The largest absolute Gasteiger partial charge is 0.372 e. The number of carbonyl (C=O) groups excluding carboxylic acids is 2. The van der Waals surface area contributed by atoms with Crippen LogP contribution >= 0.6 is 11.6 Å². The number of amides is 2. The van der Waals surface area contributed by atoms with Gasteiger partial charge in [-0.2, -0.15) is 0 Å². The molecule has 0 fully saturated rings. The molecule has 0 heterocycles. The monoisotopic (exact) mass is 312 g/mol. The van der Waals surface area contributed by atoms with Crippen LogP contribution in [0.3, 0.4) is 0 Å². The highest BCUT2D eigenvalue weighted by Crippen LogP contribution is 2.26. The van der Waals surface area contributed by atoms with Gasteiger partial charge in [0.15, 0.2) is 0 Å². The van der Waals surface area contributed by atoms with E-state index in [-0.39, 0.29) is 6.54 Å². The third-order valence-electron chi connectivity index (χ3n) is 3.21. The number of methoxy groups -OCH3 is 1. The summed E-state index contributed by atoms with van der Waals surface area (Å²) >= 11 is 5.97. The quantitative estimate of drug-likeness (QED) is 0.788. The topological polar surface area (TPSA) is 67.4 Å². The molecule has 0 saturated heterocycles. The van der Waals surface area contributed by atoms with Crippen molar-refractivity contribution in [1.29, 1.82) is 0 Å². The van der Waals surface area contributed by atoms with Gasteiger partial charge in [0.2, 0.25) is 0 Å². The van der Waals surface area contributed by atoms with Crippen molar-refractivity contribution in [2.24, 2.45) is 0 Å². The third-order valence-corrected chi connectivity index (χ3v) is 3.45. The van der Waals surface area contributed by atoms with Gasteiger partial charge >= 0.3 is 11.8 Å². The summed E-state index contributed by atoms with van der Waals surface area (Å²) in [6.45, 7) is 4.38. The minimum atomic E-state index is -0.758. The first-order chi connectivity index (χ1) is 9.92. The molecule has 0 bridgehead atoms. The zero-order valence-electron chi connectivity index (χ0n) is 12.5. The predicted octanol–water partition coefficient (Wildman–Crippen LogP) is 1.84. The van der Waals surface area contributed by atoms with Gasteiger partial charge in [-0.25, -0.2) is 0 Å². The lowest BCUT2D eigenvalue weighted by Gasteiger charge is -2.29. The molecule has 2 N–H and O–H groups in total. The maximum Gasteiger partial charge on any atom is 0.309 e. The summed E-state index contributed by atoms with van der Waals surface area (Å²) < 4.78 is 5.49. The lowest BCUT2D eigenvalue weighted by Crippen LogP contribution is -2.46. The average molecular weight is 313 g/mol. The Bertz CT molecular complexity index is 507. The van der Waals surface area contributed by atoms with E-state index in [1.54, 1.807) is 19.2 Å². The second-order valence-corrected chi connectivity index (χ2v) is 5.32. The number of halogens is 1. The minimum absolute atomic E-state index is 0.169. The molecule has 116 valence electrons. The van der Waals surface area contributed by atoms with E-state index in [0.717, 1.165) is 12.0 Å². The SMILES string of the molecule is CCCNC(=O)C(=O)NCC(C)(OC)c1cccc(Cl)c1. The number of hydrogen-bond acceptors (Lipinski definition) is 3. The Hall–Kier alpha value is -1.59. The first kappa shape index (κ1) is 17.5. The standard InChI is InChI=1S/C15H21ClN2O3/c1-4-8-17-13(19)14(20)18-10-15(2,21-3)11-6-5-7-12(16)9-11/h5-7,9H,4,8,10H2,1-3H3,(H,17,19)(H,18,20). The van der Waals surface area contributed by atoms with Crippen LogP contribution in [-0.4, -0.2) is 32.0 Å². The van der Waals surface area contributed by atoms with Crippen LogP contribution in [0.1, 0.15) is 25.8 Å². The molecule has 6 heteroatoms. The second kappa shape index (κ2) is 8.00. The van der Waals surface area contributed by atoms with Gasteiger partial charge in [0, 0.05) is 18.7 Å². The Labute approximate surface area is 130 Å². The summed E-state index contributed by atoms with van der Waals surface area (Å²) in [6.07, 6.45) is 0.775. The first-order valence-electron chi connectivity index (χ1n) is 6.80. The van der Waals surface area contributed by atoms with Gasteiger partial charge in [-0.05, 0) is 31.0 Å². The van der Waals surface area contributed by atoms with Crippen molar-refractivity contribution in [3.05, 3.63) is 34.9 Å². The van der Waals surface area contributed by atoms with Gasteiger partial charge in [-0.3, -0.25) is 9.59 Å². The molecule has 1 atom stereocenters. The fourth-order valence-electron chi connectivity index (χ4n) is 1.76. The van der Waals surface area contributed by atoms with Crippen LogP contribution < -0.4 is 10.6 Å². The van der Waals surface area contributed by atoms with E-state index in [1.807, 2.05) is 26.0 Å². The minimum Gasteiger partial charge on any atom is -0.372 e. The van der Waals surface area contributed by atoms with Crippen LogP contribution in [-0.2, 0) is 19.9 Å². The molecule has 1 rings (SSSR count). The zero-order valence-corrected chi connectivity index (χ0v) is 13.3. The van der Waals surface area contributed by atoms with Crippen LogP contribution in [0.5, 0.6) is 0 Å².